The van der Waals surface area contributed by atoms with E-state index in [1.54, 1.807) is 12.1 Å². The molecule has 4 rings (SSSR count). The third-order valence-corrected chi connectivity index (χ3v) is 4.99. The Balaban J connectivity index is 1.95. The Morgan fingerprint density at radius 1 is 1.23 bits per heavy atom. The molecule has 3 N–H and O–H groups in total. The number of pyridine rings is 1. The largest absolute Gasteiger partial charge is 0.459 e. The number of aliphatic hydroxyl groups excluding tert-OH is 1. The van der Waals surface area contributed by atoms with Crippen molar-refractivity contribution in [3.8, 4) is 17.4 Å². The Kier molecular flexibility index (Phi) is 4.19. The lowest BCUT2D eigenvalue weighted by atomic mass is 9.79. The van der Waals surface area contributed by atoms with Gasteiger partial charge in [0.05, 0.1) is 5.69 Å². The fraction of sp³-hybridized carbons (Fsp3) is 0.238. The molecule has 0 fully saturated rings. The summed E-state index contributed by atoms with van der Waals surface area (Å²) in [5, 5.41) is 19.0. The van der Waals surface area contributed by atoms with Gasteiger partial charge in [0.2, 0.25) is 0 Å². The second kappa shape index (κ2) is 6.66. The number of nitrogen functional groups attached to an aromatic ring is 1. The molecule has 2 aromatic heterocycles. The summed E-state index contributed by atoms with van der Waals surface area (Å²) in [5.74, 6) is 1.40. The number of hydrogen-bond donors (Lipinski definition) is 2. The zero-order valence-corrected chi connectivity index (χ0v) is 14.3. The van der Waals surface area contributed by atoms with Crippen LogP contribution in [0.1, 0.15) is 46.9 Å². The number of furan rings is 1. The van der Waals surface area contributed by atoms with Crippen LogP contribution in [0.2, 0.25) is 0 Å². The summed E-state index contributed by atoms with van der Waals surface area (Å²) in [4.78, 5) is 4.62. The number of hydrogen-bond acceptors (Lipinski definition) is 5. The van der Waals surface area contributed by atoms with Crippen molar-refractivity contribution in [1.82, 2.24) is 4.98 Å². The molecule has 1 unspecified atom stereocenters. The summed E-state index contributed by atoms with van der Waals surface area (Å²) >= 11 is 0. The van der Waals surface area contributed by atoms with Gasteiger partial charge in [-0.3, -0.25) is 0 Å². The molecule has 5 heteroatoms. The maximum atomic E-state index is 9.65. The maximum absolute atomic E-state index is 9.65. The van der Waals surface area contributed by atoms with Crippen molar-refractivity contribution >= 4 is 5.82 Å². The SMILES string of the molecule is N#Cc1c(N)nc2c(c1-c1ccc(CO)o1)CCCC2c1ccccc1. The fourth-order valence-corrected chi connectivity index (χ4v) is 3.81. The van der Waals surface area contributed by atoms with Gasteiger partial charge in [-0.2, -0.15) is 5.26 Å². The molecule has 2 heterocycles. The van der Waals surface area contributed by atoms with Gasteiger partial charge in [-0.1, -0.05) is 30.3 Å². The molecule has 0 saturated heterocycles. The van der Waals surface area contributed by atoms with Gasteiger partial charge in [0, 0.05) is 11.5 Å². The Bertz CT molecular complexity index is 986. The van der Waals surface area contributed by atoms with Crippen molar-refractivity contribution < 1.29 is 9.52 Å². The van der Waals surface area contributed by atoms with E-state index in [1.807, 2.05) is 18.2 Å². The molecule has 1 aliphatic carbocycles. The molecule has 0 radical (unpaired) electrons. The van der Waals surface area contributed by atoms with Gasteiger partial charge in [-0.05, 0) is 42.5 Å². The molecule has 1 atom stereocenters. The molecule has 0 aliphatic heterocycles. The first-order chi connectivity index (χ1) is 12.7. The van der Waals surface area contributed by atoms with Crippen LogP contribution in [0.15, 0.2) is 46.9 Å². The minimum absolute atomic E-state index is 0.154. The van der Waals surface area contributed by atoms with Crippen LogP contribution in [0, 0.1) is 11.3 Å². The van der Waals surface area contributed by atoms with E-state index in [2.05, 4.69) is 23.2 Å². The summed E-state index contributed by atoms with van der Waals surface area (Å²) in [6.45, 7) is -0.183. The first-order valence-electron chi connectivity index (χ1n) is 8.70. The maximum Gasteiger partial charge on any atom is 0.142 e. The van der Waals surface area contributed by atoms with Gasteiger partial charge >= 0.3 is 0 Å². The summed E-state index contributed by atoms with van der Waals surface area (Å²) in [7, 11) is 0. The lowest BCUT2D eigenvalue weighted by molar-refractivity contribution is 0.248. The number of nitrogens with two attached hydrogens (primary N) is 1. The number of rotatable bonds is 3. The topological polar surface area (TPSA) is 96.1 Å². The van der Waals surface area contributed by atoms with Gasteiger partial charge in [0.15, 0.2) is 0 Å². The van der Waals surface area contributed by atoms with E-state index >= 15 is 0 Å². The molecule has 0 bridgehead atoms. The highest BCUT2D eigenvalue weighted by Gasteiger charge is 2.30. The number of nitriles is 1. The lowest BCUT2D eigenvalue weighted by Gasteiger charge is -2.27. The minimum atomic E-state index is -0.183. The van der Waals surface area contributed by atoms with Crippen molar-refractivity contribution in [2.24, 2.45) is 0 Å². The molecular formula is C21H19N3O2. The standard InChI is InChI=1S/C21H19N3O2/c22-11-17-19(18-10-9-14(12-25)26-18)16-8-4-7-15(20(16)24-21(17)23)13-5-2-1-3-6-13/h1-3,5-6,9-10,15,25H,4,7-8,12H2,(H2,23,24). The molecule has 0 spiro atoms. The number of aromatic nitrogens is 1. The third kappa shape index (κ3) is 2.65. The van der Waals surface area contributed by atoms with Crippen molar-refractivity contribution in [2.75, 3.05) is 5.73 Å². The van der Waals surface area contributed by atoms with Gasteiger partial charge < -0.3 is 15.3 Å². The number of anilines is 1. The normalized spacial score (nSPS) is 16.1. The summed E-state index contributed by atoms with van der Waals surface area (Å²) < 4.78 is 5.74. The van der Waals surface area contributed by atoms with Gasteiger partial charge in [0.25, 0.3) is 0 Å². The zero-order valence-electron chi connectivity index (χ0n) is 14.3. The number of aliphatic hydroxyl groups is 1. The van der Waals surface area contributed by atoms with Crippen molar-refractivity contribution in [1.29, 1.82) is 5.26 Å². The molecule has 0 saturated carbocycles. The van der Waals surface area contributed by atoms with Crippen LogP contribution < -0.4 is 5.73 Å². The summed E-state index contributed by atoms with van der Waals surface area (Å²) in [5.41, 5.74) is 10.4. The van der Waals surface area contributed by atoms with Crippen LogP contribution in [-0.2, 0) is 13.0 Å². The monoisotopic (exact) mass is 345 g/mol. The van der Waals surface area contributed by atoms with Crippen LogP contribution in [-0.4, -0.2) is 10.1 Å². The van der Waals surface area contributed by atoms with Gasteiger partial charge in [-0.15, -0.1) is 0 Å². The van der Waals surface area contributed by atoms with Crippen molar-refractivity contribution in [2.45, 2.75) is 31.8 Å². The van der Waals surface area contributed by atoms with Crippen molar-refractivity contribution in [3.05, 3.63) is 70.6 Å². The fourth-order valence-electron chi connectivity index (χ4n) is 3.81. The first kappa shape index (κ1) is 16.4. The third-order valence-electron chi connectivity index (χ3n) is 4.99. The molecule has 1 aliphatic rings. The predicted octanol–water partition coefficient (Wildman–Crippen LogP) is 3.76. The Hall–Kier alpha value is -3.10. The van der Waals surface area contributed by atoms with E-state index in [-0.39, 0.29) is 18.3 Å². The minimum Gasteiger partial charge on any atom is -0.459 e. The van der Waals surface area contributed by atoms with Crippen LogP contribution in [0.5, 0.6) is 0 Å². The molecule has 1 aromatic carbocycles. The first-order valence-corrected chi connectivity index (χ1v) is 8.70. The molecular weight excluding hydrogens is 326 g/mol. The van der Waals surface area contributed by atoms with Crippen molar-refractivity contribution in [3.63, 3.8) is 0 Å². The van der Waals surface area contributed by atoms with E-state index in [0.29, 0.717) is 17.1 Å². The summed E-state index contributed by atoms with van der Waals surface area (Å²) in [6, 6.07) is 15.9. The smallest absolute Gasteiger partial charge is 0.142 e. The van der Waals surface area contributed by atoms with E-state index in [0.717, 1.165) is 36.1 Å². The average Bonchev–Trinajstić information content (AvgIpc) is 3.16. The highest BCUT2D eigenvalue weighted by atomic mass is 16.4. The molecule has 3 aromatic rings. The molecule has 0 amide bonds. The van der Waals surface area contributed by atoms with Crippen LogP contribution >= 0.6 is 0 Å². The van der Waals surface area contributed by atoms with Gasteiger partial charge in [0.1, 0.15) is 35.6 Å². The second-order valence-corrected chi connectivity index (χ2v) is 6.50. The van der Waals surface area contributed by atoms with Crippen LogP contribution in [0.4, 0.5) is 5.82 Å². The Labute approximate surface area is 151 Å². The molecule has 26 heavy (non-hydrogen) atoms. The number of benzene rings is 1. The average molecular weight is 345 g/mol. The number of nitrogens with zero attached hydrogens (tertiary/aromatic N) is 2. The quantitative estimate of drug-likeness (QED) is 0.753. The highest BCUT2D eigenvalue weighted by molar-refractivity contribution is 5.77. The Morgan fingerprint density at radius 3 is 2.73 bits per heavy atom. The lowest BCUT2D eigenvalue weighted by Crippen LogP contribution is -2.17. The van der Waals surface area contributed by atoms with Crippen LogP contribution in [0.25, 0.3) is 11.3 Å². The van der Waals surface area contributed by atoms with E-state index in [4.69, 9.17) is 10.2 Å². The second-order valence-electron chi connectivity index (χ2n) is 6.50. The Morgan fingerprint density at radius 2 is 2.04 bits per heavy atom. The van der Waals surface area contributed by atoms with Gasteiger partial charge in [-0.25, -0.2) is 4.98 Å². The number of fused-ring (bicyclic) bond motifs is 1. The van der Waals surface area contributed by atoms with E-state index < -0.39 is 0 Å². The zero-order chi connectivity index (χ0) is 18.1. The molecule has 5 nitrogen and oxygen atoms in total. The van der Waals surface area contributed by atoms with E-state index in [9.17, 15) is 10.4 Å². The summed E-state index contributed by atoms with van der Waals surface area (Å²) in [6.07, 6.45) is 2.82. The van der Waals surface area contributed by atoms with Crippen LogP contribution in [0.3, 0.4) is 0 Å². The highest BCUT2D eigenvalue weighted by Crippen LogP contribution is 2.42. The van der Waals surface area contributed by atoms with E-state index in [1.165, 1.54) is 5.56 Å². The molecule has 130 valence electrons. The predicted molar refractivity (Wildman–Crippen MR) is 98.2 cm³/mol.